The molecule has 1 N–H and O–H groups in total. The third-order valence-electron chi connectivity index (χ3n) is 3.50. The number of carbonyl (C=O) groups is 1. The van der Waals surface area contributed by atoms with Gasteiger partial charge in [-0.2, -0.15) is 0 Å². The first-order chi connectivity index (χ1) is 9.10. The first-order valence-electron chi connectivity index (χ1n) is 6.58. The van der Waals surface area contributed by atoms with E-state index in [-0.39, 0.29) is 5.82 Å². The predicted octanol–water partition coefficient (Wildman–Crippen LogP) is 3.30. The molecular weight excluding hydrogens is 245 g/mol. The molecule has 19 heavy (non-hydrogen) atoms. The van der Waals surface area contributed by atoms with Gasteiger partial charge in [-0.3, -0.25) is 0 Å². The summed E-state index contributed by atoms with van der Waals surface area (Å²) in [6.45, 7) is 3.07. The summed E-state index contributed by atoms with van der Waals surface area (Å²) in [4.78, 5) is 12.7. The highest BCUT2D eigenvalue weighted by Gasteiger charge is 2.23. The van der Waals surface area contributed by atoms with Crippen molar-refractivity contribution < 1.29 is 14.3 Å². The molecule has 1 aliphatic rings. The quantitative estimate of drug-likeness (QED) is 0.847. The van der Waals surface area contributed by atoms with Crippen molar-refractivity contribution in [1.29, 1.82) is 0 Å². The highest BCUT2D eigenvalue weighted by Crippen LogP contribution is 2.29. The summed E-state index contributed by atoms with van der Waals surface area (Å²) < 4.78 is 13.6. The minimum Gasteiger partial charge on any atom is -0.478 e. The first kappa shape index (κ1) is 13.6. The highest BCUT2D eigenvalue weighted by molar-refractivity contribution is 5.85. The van der Waals surface area contributed by atoms with Crippen molar-refractivity contribution in [3.63, 3.8) is 0 Å². The van der Waals surface area contributed by atoms with Crippen LogP contribution in [-0.4, -0.2) is 23.7 Å². The molecule has 0 radical (unpaired) electrons. The summed E-state index contributed by atoms with van der Waals surface area (Å²) in [5.74, 6) is -1.36. The van der Waals surface area contributed by atoms with E-state index in [0.717, 1.165) is 37.6 Å². The van der Waals surface area contributed by atoms with Crippen molar-refractivity contribution in [3.8, 4) is 0 Å². The summed E-state index contributed by atoms with van der Waals surface area (Å²) in [5, 5.41) is 8.61. The summed E-state index contributed by atoms with van der Waals surface area (Å²) in [7, 11) is 0. The van der Waals surface area contributed by atoms with Crippen LogP contribution in [0.1, 0.15) is 31.7 Å². The molecule has 0 amide bonds. The van der Waals surface area contributed by atoms with Crippen molar-refractivity contribution in [2.75, 3.05) is 11.4 Å². The summed E-state index contributed by atoms with van der Waals surface area (Å²) in [5.41, 5.74) is 1.42. The molecule has 0 spiro atoms. The average molecular weight is 263 g/mol. The number of aliphatic carboxylic acids is 1. The zero-order valence-electron chi connectivity index (χ0n) is 11.0. The first-order valence-corrected chi connectivity index (χ1v) is 6.58. The van der Waals surface area contributed by atoms with E-state index in [4.69, 9.17) is 5.11 Å². The van der Waals surface area contributed by atoms with Crippen LogP contribution in [0.15, 0.2) is 24.3 Å². The molecule has 102 valence electrons. The van der Waals surface area contributed by atoms with Gasteiger partial charge in [-0.15, -0.1) is 0 Å². The monoisotopic (exact) mass is 263 g/mol. The lowest BCUT2D eigenvalue weighted by Crippen LogP contribution is -2.28. The smallest absolute Gasteiger partial charge is 0.328 e. The number of benzene rings is 1. The highest BCUT2D eigenvalue weighted by atomic mass is 19.1. The van der Waals surface area contributed by atoms with E-state index < -0.39 is 5.97 Å². The molecule has 1 saturated heterocycles. The van der Waals surface area contributed by atoms with Crippen molar-refractivity contribution in [3.05, 3.63) is 35.7 Å². The minimum absolute atomic E-state index is 0.329. The number of halogens is 1. The van der Waals surface area contributed by atoms with E-state index in [0.29, 0.717) is 11.6 Å². The second-order valence-corrected chi connectivity index (χ2v) is 4.81. The third-order valence-corrected chi connectivity index (χ3v) is 3.50. The maximum Gasteiger partial charge on any atom is 0.328 e. The van der Waals surface area contributed by atoms with E-state index in [1.54, 1.807) is 0 Å². The number of carboxylic acids is 1. The van der Waals surface area contributed by atoms with Gasteiger partial charge in [0.15, 0.2) is 0 Å². The predicted molar refractivity (Wildman–Crippen MR) is 73.7 cm³/mol. The van der Waals surface area contributed by atoms with Crippen molar-refractivity contribution in [2.24, 2.45) is 0 Å². The number of hydrogen-bond donors (Lipinski definition) is 1. The minimum atomic E-state index is -1.03. The van der Waals surface area contributed by atoms with E-state index in [1.165, 1.54) is 18.2 Å². The zero-order valence-corrected chi connectivity index (χ0v) is 11.0. The largest absolute Gasteiger partial charge is 0.478 e. The second-order valence-electron chi connectivity index (χ2n) is 4.81. The fourth-order valence-corrected chi connectivity index (χ4v) is 2.63. The van der Waals surface area contributed by atoms with Crippen molar-refractivity contribution in [2.45, 2.75) is 32.2 Å². The van der Waals surface area contributed by atoms with Gasteiger partial charge in [0, 0.05) is 24.4 Å². The Kier molecular flexibility index (Phi) is 4.20. The second kappa shape index (κ2) is 5.87. The molecule has 4 heteroatoms. The maximum atomic E-state index is 13.6. The molecular formula is C15H18FNO2. The lowest BCUT2D eigenvalue weighted by Gasteiger charge is -2.26. The van der Waals surface area contributed by atoms with Gasteiger partial charge < -0.3 is 10.0 Å². The Morgan fingerprint density at radius 2 is 2.32 bits per heavy atom. The standard InChI is InChI=1S/C15H18FNO2/c1-2-13-4-3-7-17(13)14-9-11(5-6-15(18)19)8-12(16)10-14/h5-6,8-10,13H,2-4,7H2,1H3,(H,18,19)/b6-5+. The van der Waals surface area contributed by atoms with Crippen LogP contribution < -0.4 is 4.90 Å². The van der Waals surface area contributed by atoms with Crippen LogP contribution in [0.4, 0.5) is 10.1 Å². The van der Waals surface area contributed by atoms with Gasteiger partial charge in [0.05, 0.1) is 0 Å². The van der Waals surface area contributed by atoms with Crippen LogP contribution in [0.25, 0.3) is 6.08 Å². The molecule has 1 unspecified atom stereocenters. The van der Waals surface area contributed by atoms with E-state index in [2.05, 4.69) is 11.8 Å². The van der Waals surface area contributed by atoms with Crippen molar-refractivity contribution >= 4 is 17.7 Å². The Morgan fingerprint density at radius 1 is 1.53 bits per heavy atom. The number of carboxylic acid groups (broad SMARTS) is 1. The SMILES string of the molecule is CCC1CCCN1c1cc(F)cc(/C=C/C(=O)O)c1. The normalized spacial score (nSPS) is 19.3. The van der Waals surface area contributed by atoms with Crippen LogP contribution in [0.5, 0.6) is 0 Å². The van der Waals surface area contributed by atoms with Gasteiger partial charge >= 0.3 is 5.97 Å². The molecule has 2 rings (SSSR count). The third kappa shape index (κ3) is 3.34. The summed E-state index contributed by atoms with van der Waals surface area (Å²) >= 11 is 0. The lowest BCUT2D eigenvalue weighted by atomic mass is 10.1. The topological polar surface area (TPSA) is 40.5 Å². The fraction of sp³-hybridized carbons (Fsp3) is 0.400. The molecule has 1 atom stereocenters. The molecule has 0 bridgehead atoms. The molecule has 3 nitrogen and oxygen atoms in total. The van der Waals surface area contributed by atoms with E-state index >= 15 is 0 Å². The number of anilines is 1. The molecule has 1 aliphatic heterocycles. The molecule has 1 fully saturated rings. The zero-order chi connectivity index (χ0) is 13.8. The lowest BCUT2D eigenvalue weighted by molar-refractivity contribution is -0.131. The van der Waals surface area contributed by atoms with Gasteiger partial charge in [0.1, 0.15) is 5.82 Å². The number of hydrogen-bond acceptors (Lipinski definition) is 2. The Labute approximate surface area is 112 Å². The van der Waals surface area contributed by atoms with Gasteiger partial charge in [0.25, 0.3) is 0 Å². The number of nitrogens with zero attached hydrogens (tertiary/aromatic N) is 1. The maximum absolute atomic E-state index is 13.6. The molecule has 0 aromatic heterocycles. The van der Waals surface area contributed by atoms with Crippen molar-refractivity contribution in [1.82, 2.24) is 0 Å². The Balaban J connectivity index is 2.28. The van der Waals surface area contributed by atoms with Crippen LogP contribution in [0.3, 0.4) is 0 Å². The van der Waals surface area contributed by atoms with Crippen LogP contribution in [-0.2, 0) is 4.79 Å². The van der Waals surface area contributed by atoms with Crippen LogP contribution in [0, 0.1) is 5.82 Å². The van der Waals surface area contributed by atoms with Crippen LogP contribution in [0.2, 0.25) is 0 Å². The van der Waals surface area contributed by atoms with E-state index in [9.17, 15) is 9.18 Å². The molecule has 1 aromatic carbocycles. The number of rotatable bonds is 4. The van der Waals surface area contributed by atoms with E-state index in [1.807, 2.05) is 6.07 Å². The molecule has 0 saturated carbocycles. The van der Waals surface area contributed by atoms with Crippen LogP contribution >= 0.6 is 0 Å². The van der Waals surface area contributed by atoms with Gasteiger partial charge in [-0.1, -0.05) is 6.92 Å². The van der Waals surface area contributed by atoms with Gasteiger partial charge in [-0.05, 0) is 49.1 Å². The molecule has 0 aliphatic carbocycles. The Bertz CT molecular complexity index is 499. The summed E-state index contributed by atoms with van der Waals surface area (Å²) in [6.07, 6.45) is 5.74. The van der Waals surface area contributed by atoms with Gasteiger partial charge in [0.2, 0.25) is 0 Å². The fourth-order valence-electron chi connectivity index (χ4n) is 2.63. The summed E-state index contributed by atoms with van der Waals surface area (Å²) in [6, 6.07) is 5.17. The van der Waals surface area contributed by atoms with Gasteiger partial charge in [-0.25, -0.2) is 9.18 Å². The molecule has 1 heterocycles. The average Bonchev–Trinajstić information content (AvgIpc) is 2.84. The Hall–Kier alpha value is -1.84. The Morgan fingerprint density at radius 3 is 3.00 bits per heavy atom. The molecule has 1 aromatic rings.